The number of nitrogens with zero attached hydrogens (tertiary/aromatic N) is 3. The number of hydrogen-bond donors (Lipinski definition) is 0. The quantitative estimate of drug-likeness (QED) is 0.284. The van der Waals surface area contributed by atoms with Crippen LogP contribution in [0, 0.1) is 11.3 Å². The summed E-state index contributed by atoms with van der Waals surface area (Å²) in [7, 11) is 0. The molecule has 2 atom stereocenters. The second-order valence-electron chi connectivity index (χ2n) is 14.4. The van der Waals surface area contributed by atoms with E-state index in [1.165, 1.54) is 0 Å². The van der Waals surface area contributed by atoms with Gasteiger partial charge in [0.25, 0.3) is 0 Å². The highest BCUT2D eigenvalue weighted by molar-refractivity contribution is 5.77. The van der Waals surface area contributed by atoms with E-state index in [2.05, 4.69) is 42.7 Å². The van der Waals surface area contributed by atoms with E-state index in [0.29, 0.717) is 45.8 Å². The van der Waals surface area contributed by atoms with Crippen molar-refractivity contribution in [2.45, 2.75) is 92.0 Å². The minimum Gasteiger partial charge on any atom is -0.490 e. The van der Waals surface area contributed by atoms with Crippen molar-refractivity contribution in [1.82, 2.24) is 14.7 Å². The van der Waals surface area contributed by atoms with Crippen molar-refractivity contribution in [3.05, 3.63) is 59.7 Å². The van der Waals surface area contributed by atoms with Crippen molar-refractivity contribution in [2.75, 3.05) is 39.3 Å². The number of hydrogen-bond acceptors (Lipinski definition) is 6. The third-order valence-corrected chi connectivity index (χ3v) is 8.74. The third kappa shape index (κ3) is 9.33. The SMILES string of the molecule is CCOc1cc(C(c2ccccc2)N2CCN(C(=O)CC3CCN(C(=O)OC(C)(C)C)CC3)[C@@H](C(C)(C)C)C2)ccc1OC(F)F. The van der Waals surface area contributed by atoms with E-state index in [4.69, 9.17) is 14.2 Å². The molecule has 2 aromatic carbocycles. The minimum atomic E-state index is -2.95. The molecule has 2 aliphatic heterocycles. The molecule has 0 spiro atoms. The van der Waals surface area contributed by atoms with Crippen molar-refractivity contribution in [1.29, 1.82) is 0 Å². The smallest absolute Gasteiger partial charge is 0.410 e. The Kier molecular flexibility index (Phi) is 11.6. The van der Waals surface area contributed by atoms with Crippen LogP contribution in [-0.2, 0) is 9.53 Å². The van der Waals surface area contributed by atoms with Gasteiger partial charge in [0.05, 0.1) is 12.6 Å². The molecule has 4 rings (SSSR count). The van der Waals surface area contributed by atoms with Crippen LogP contribution >= 0.6 is 0 Å². The minimum absolute atomic E-state index is 0.00678. The molecule has 46 heavy (non-hydrogen) atoms. The molecular formula is C36H51F2N3O5. The molecule has 2 heterocycles. The molecule has 2 saturated heterocycles. The highest BCUT2D eigenvalue weighted by atomic mass is 19.3. The Hall–Kier alpha value is -3.40. The van der Waals surface area contributed by atoms with Crippen molar-refractivity contribution in [3.63, 3.8) is 0 Å². The maximum atomic E-state index is 13.9. The maximum absolute atomic E-state index is 13.9. The number of ether oxygens (including phenoxy) is 3. The molecule has 2 aromatic rings. The van der Waals surface area contributed by atoms with Crippen LogP contribution in [0.15, 0.2) is 48.5 Å². The molecule has 2 aliphatic rings. The second-order valence-corrected chi connectivity index (χ2v) is 14.4. The topological polar surface area (TPSA) is 71.6 Å². The summed E-state index contributed by atoms with van der Waals surface area (Å²) in [6.45, 7) is 14.3. The summed E-state index contributed by atoms with van der Waals surface area (Å²) < 4.78 is 42.3. The summed E-state index contributed by atoms with van der Waals surface area (Å²) in [5, 5.41) is 0. The van der Waals surface area contributed by atoms with Crippen LogP contribution in [0.2, 0.25) is 0 Å². The number of piperidine rings is 1. The zero-order valence-corrected chi connectivity index (χ0v) is 28.4. The third-order valence-electron chi connectivity index (χ3n) is 8.74. The van der Waals surface area contributed by atoms with Gasteiger partial charge in [0.15, 0.2) is 11.5 Å². The van der Waals surface area contributed by atoms with Gasteiger partial charge in [0, 0.05) is 45.2 Å². The summed E-state index contributed by atoms with van der Waals surface area (Å²) >= 11 is 0. The Morgan fingerprint density at radius 1 is 0.891 bits per heavy atom. The first kappa shape index (κ1) is 35.5. The maximum Gasteiger partial charge on any atom is 0.410 e. The van der Waals surface area contributed by atoms with Gasteiger partial charge in [-0.2, -0.15) is 8.78 Å². The van der Waals surface area contributed by atoms with Crippen LogP contribution in [0.1, 0.15) is 84.9 Å². The number of halogens is 2. The van der Waals surface area contributed by atoms with E-state index in [1.807, 2.05) is 52.0 Å². The van der Waals surface area contributed by atoms with Crippen LogP contribution in [0.4, 0.5) is 13.6 Å². The lowest BCUT2D eigenvalue weighted by molar-refractivity contribution is -0.141. The Labute approximate surface area is 273 Å². The predicted octanol–water partition coefficient (Wildman–Crippen LogP) is 7.37. The van der Waals surface area contributed by atoms with E-state index < -0.39 is 12.2 Å². The molecule has 0 radical (unpaired) electrons. The summed E-state index contributed by atoms with van der Waals surface area (Å²) in [5.41, 5.74) is 1.24. The molecule has 254 valence electrons. The van der Waals surface area contributed by atoms with Crippen molar-refractivity contribution >= 4 is 12.0 Å². The Balaban J connectivity index is 1.52. The number of alkyl halides is 2. The number of likely N-dealkylation sites (tertiary alicyclic amines) is 1. The van der Waals surface area contributed by atoms with E-state index in [1.54, 1.807) is 17.0 Å². The van der Waals surface area contributed by atoms with Gasteiger partial charge >= 0.3 is 12.7 Å². The fraction of sp³-hybridized carbons (Fsp3) is 0.611. The highest BCUT2D eigenvalue weighted by Crippen LogP contribution is 2.39. The lowest BCUT2D eigenvalue weighted by atomic mass is 9.82. The molecule has 1 unspecified atom stereocenters. The second kappa shape index (κ2) is 15.0. The zero-order chi connectivity index (χ0) is 33.6. The molecule has 0 N–H and O–H groups in total. The molecule has 8 nitrogen and oxygen atoms in total. The Morgan fingerprint density at radius 3 is 2.15 bits per heavy atom. The van der Waals surface area contributed by atoms with Gasteiger partial charge in [-0.25, -0.2) is 4.79 Å². The van der Waals surface area contributed by atoms with Gasteiger partial charge in [-0.15, -0.1) is 0 Å². The fourth-order valence-corrected chi connectivity index (χ4v) is 6.49. The number of piperazine rings is 1. The lowest BCUT2D eigenvalue weighted by Crippen LogP contribution is -2.60. The molecule has 2 fully saturated rings. The molecule has 0 aromatic heterocycles. The summed E-state index contributed by atoms with van der Waals surface area (Å²) in [6, 6.07) is 15.1. The number of carbonyl (C=O) groups excluding carboxylic acids is 2. The number of rotatable bonds is 9. The van der Waals surface area contributed by atoms with Gasteiger partial charge in [-0.1, -0.05) is 57.2 Å². The van der Waals surface area contributed by atoms with Crippen LogP contribution in [0.25, 0.3) is 0 Å². The standard InChI is InChI=1S/C36H51F2N3O5/c1-8-44-29-23-27(14-15-28(29)45-33(37)38)32(26-12-10-9-11-13-26)40-20-21-41(30(24-40)35(2,3)4)31(42)22-25-16-18-39(19-17-25)34(43)46-36(5,6)7/h9-15,23,25,30,32-33H,8,16-22,24H2,1-7H3/t30-,32?/m1/s1. The van der Waals surface area contributed by atoms with Gasteiger partial charge in [-0.3, -0.25) is 9.69 Å². The first-order chi connectivity index (χ1) is 21.7. The van der Waals surface area contributed by atoms with E-state index in [-0.39, 0.29) is 46.9 Å². The normalized spacial score (nSPS) is 19.2. The van der Waals surface area contributed by atoms with Crippen LogP contribution in [0.3, 0.4) is 0 Å². The average Bonchev–Trinajstić information content (AvgIpc) is 2.98. The van der Waals surface area contributed by atoms with Crippen molar-refractivity contribution in [2.24, 2.45) is 11.3 Å². The predicted molar refractivity (Wildman–Crippen MR) is 174 cm³/mol. The first-order valence-corrected chi connectivity index (χ1v) is 16.4. The van der Waals surface area contributed by atoms with Gasteiger partial charge in [-0.05, 0) is 75.1 Å². The largest absolute Gasteiger partial charge is 0.490 e. The number of benzene rings is 2. The van der Waals surface area contributed by atoms with Crippen LogP contribution in [-0.4, -0.2) is 84.3 Å². The lowest BCUT2D eigenvalue weighted by Gasteiger charge is -2.50. The summed E-state index contributed by atoms with van der Waals surface area (Å²) in [4.78, 5) is 32.6. The average molecular weight is 644 g/mol. The summed E-state index contributed by atoms with van der Waals surface area (Å²) in [5.74, 6) is 0.652. The molecule has 0 saturated carbocycles. The summed E-state index contributed by atoms with van der Waals surface area (Å²) in [6.07, 6.45) is 1.71. The fourth-order valence-electron chi connectivity index (χ4n) is 6.49. The Morgan fingerprint density at radius 2 is 1.57 bits per heavy atom. The van der Waals surface area contributed by atoms with E-state index in [9.17, 15) is 18.4 Å². The van der Waals surface area contributed by atoms with Crippen LogP contribution < -0.4 is 9.47 Å². The monoisotopic (exact) mass is 643 g/mol. The molecule has 2 amide bonds. The number of carbonyl (C=O) groups is 2. The number of amides is 2. The molecule has 0 aliphatic carbocycles. The zero-order valence-electron chi connectivity index (χ0n) is 28.4. The van der Waals surface area contributed by atoms with Gasteiger partial charge in [0.2, 0.25) is 5.91 Å². The Bertz CT molecular complexity index is 1300. The molecule has 10 heteroatoms. The van der Waals surface area contributed by atoms with Gasteiger partial charge < -0.3 is 24.0 Å². The van der Waals surface area contributed by atoms with Crippen LogP contribution in [0.5, 0.6) is 11.5 Å². The highest BCUT2D eigenvalue weighted by Gasteiger charge is 2.41. The van der Waals surface area contributed by atoms with E-state index in [0.717, 1.165) is 24.0 Å². The molecular weight excluding hydrogens is 592 g/mol. The molecule has 0 bridgehead atoms. The van der Waals surface area contributed by atoms with Crippen molar-refractivity contribution in [3.8, 4) is 11.5 Å². The van der Waals surface area contributed by atoms with Gasteiger partial charge in [0.1, 0.15) is 5.60 Å². The van der Waals surface area contributed by atoms with Crippen molar-refractivity contribution < 1.29 is 32.6 Å². The van der Waals surface area contributed by atoms with E-state index >= 15 is 0 Å². The first-order valence-electron chi connectivity index (χ1n) is 16.4.